The first kappa shape index (κ1) is 15.9. The van der Waals surface area contributed by atoms with Crippen LogP contribution < -0.4 is 17.0 Å². The van der Waals surface area contributed by atoms with Crippen molar-refractivity contribution in [1.82, 2.24) is 10.4 Å². The van der Waals surface area contributed by atoms with E-state index < -0.39 is 0 Å². The van der Waals surface area contributed by atoms with Crippen molar-refractivity contribution in [2.45, 2.75) is 51.7 Å². The number of rotatable bonds is 8. The maximum atomic E-state index is 5.99. The molecule has 0 saturated carbocycles. The number of ether oxygens (including phenoxy) is 1. The lowest BCUT2D eigenvalue weighted by Crippen LogP contribution is -2.55. The highest BCUT2D eigenvalue weighted by Crippen LogP contribution is 2.27. The average Bonchev–Trinajstić information content (AvgIpc) is 2.43. The molecule has 1 aromatic heterocycles. The van der Waals surface area contributed by atoms with Crippen LogP contribution >= 0.6 is 0 Å². The first-order chi connectivity index (χ1) is 9.11. The van der Waals surface area contributed by atoms with E-state index in [4.69, 9.17) is 16.3 Å². The summed E-state index contributed by atoms with van der Waals surface area (Å²) >= 11 is 0. The number of pyridine rings is 1. The van der Waals surface area contributed by atoms with Crippen LogP contribution in [0.1, 0.15) is 39.2 Å². The lowest BCUT2D eigenvalue weighted by atomic mass is 9.85. The Morgan fingerprint density at radius 1 is 1.37 bits per heavy atom. The zero-order valence-electron chi connectivity index (χ0n) is 12.1. The molecule has 1 aromatic rings. The molecule has 0 spiro atoms. The number of hydrazine groups is 1. The van der Waals surface area contributed by atoms with Gasteiger partial charge >= 0.3 is 0 Å². The molecule has 0 fully saturated rings. The van der Waals surface area contributed by atoms with Gasteiger partial charge < -0.3 is 10.5 Å². The Labute approximate surface area is 115 Å². The molecule has 0 aliphatic rings. The molecule has 5 N–H and O–H groups in total. The predicted octanol–water partition coefficient (Wildman–Crippen LogP) is 1.63. The smallest absolute Gasteiger partial charge is 0.123 e. The minimum Gasteiger partial charge on any atom is -0.384 e. The Morgan fingerprint density at radius 3 is 2.53 bits per heavy atom. The molecule has 0 aliphatic heterocycles. The van der Waals surface area contributed by atoms with Crippen LogP contribution in [-0.2, 0) is 11.2 Å². The van der Waals surface area contributed by atoms with E-state index in [1.54, 1.807) is 6.20 Å². The van der Waals surface area contributed by atoms with E-state index in [1.807, 2.05) is 19.1 Å². The molecule has 0 saturated heterocycles. The number of hydrogen-bond donors (Lipinski definition) is 3. The fourth-order valence-corrected chi connectivity index (χ4v) is 2.59. The molecule has 108 valence electrons. The Bertz CT molecular complexity index is 379. The van der Waals surface area contributed by atoms with Crippen LogP contribution in [0.3, 0.4) is 0 Å². The molecular weight excluding hydrogens is 240 g/mol. The van der Waals surface area contributed by atoms with Gasteiger partial charge in [0.05, 0.1) is 11.6 Å². The van der Waals surface area contributed by atoms with Gasteiger partial charge in [0.1, 0.15) is 5.82 Å². The molecule has 0 radical (unpaired) electrons. The fraction of sp³-hybridized carbons (Fsp3) is 0.643. The van der Waals surface area contributed by atoms with Gasteiger partial charge in [-0.2, -0.15) is 0 Å². The zero-order valence-corrected chi connectivity index (χ0v) is 12.1. The summed E-state index contributed by atoms with van der Waals surface area (Å²) in [6, 6.07) is 3.89. The SMILES string of the molecule is CCOC(CC)(CC)C(Cc1ccnc(N)c1)NN. The van der Waals surface area contributed by atoms with Crippen LogP contribution in [0.2, 0.25) is 0 Å². The molecule has 0 aliphatic carbocycles. The molecule has 19 heavy (non-hydrogen) atoms. The Kier molecular flexibility index (Phi) is 6.21. The zero-order chi connectivity index (χ0) is 14.3. The van der Waals surface area contributed by atoms with Gasteiger partial charge in [-0.05, 0) is 43.9 Å². The van der Waals surface area contributed by atoms with Gasteiger partial charge in [-0.25, -0.2) is 4.98 Å². The lowest BCUT2D eigenvalue weighted by molar-refractivity contribution is -0.0719. The highest BCUT2D eigenvalue weighted by atomic mass is 16.5. The molecule has 5 heteroatoms. The van der Waals surface area contributed by atoms with Gasteiger partial charge in [0.2, 0.25) is 0 Å². The molecule has 1 atom stereocenters. The molecule has 1 heterocycles. The molecule has 0 amide bonds. The summed E-state index contributed by atoms with van der Waals surface area (Å²) in [6.07, 6.45) is 4.31. The van der Waals surface area contributed by atoms with Crippen LogP contribution in [0.15, 0.2) is 18.3 Å². The maximum absolute atomic E-state index is 5.99. The van der Waals surface area contributed by atoms with Crippen LogP contribution in [0.25, 0.3) is 0 Å². The topological polar surface area (TPSA) is 86.2 Å². The van der Waals surface area contributed by atoms with E-state index >= 15 is 0 Å². The fourth-order valence-electron chi connectivity index (χ4n) is 2.59. The number of aromatic nitrogens is 1. The van der Waals surface area contributed by atoms with Crippen molar-refractivity contribution in [3.05, 3.63) is 23.9 Å². The van der Waals surface area contributed by atoms with Crippen molar-refractivity contribution >= 4 is 5.82 Å². The number of hydrogen-bond acceptors (Lipinski definition) is 5. The van der Waals surface area contributed by atoms with E-state index in [-0.39, 0.29) is 11.6 Å². The van der Waals surface area contributed by atoms with Gasteiger partial charge in [0.15, 0.2) is 0 Å². The summed E-state index contributed by atoms with van der Waals surface area (Å²) in [5.74, 6) is 6.28. The highest BCUT2D eigenvalue weighted by molar-refractivity contribution is 5.32. The first-order valence-corrected chi connectivity index (χ1v) is 6.92. The summed E-state index contributed by atoms with van der Waals surface area (Å²) in [4.78, 5) is 4.01. The summed E-state index contributed by atoms with van der Waals surface area (Å²) < 4.78 is 5.99. The summed E-state index contributed by atoms with van der Waals surface area (Å²) in [6.45, 7) is 6.95. The molecular formula is C14H26N4O. The van der Waals surface area contributed by atoms with Gasteiger partial charge in [0, 0.05) is 12.8 Å². The van der Waals surface area contributed by atoms with E-state index in [2.05, 4.69) is 24.3 Å². The summed E-state index contributed by atoms with van der Waals surface area (Å²) in [5.41, 5.74) is 9.49. The molecule has 0 aromatic carbocycles. The van der Waals surface area contributed by atoms with Gasteiger partial charge in [-0.15, -0.1) is 0 Å². The Morgan fingerprint density at radius 2 is 2.05 bits per heavy atom. The summed E-state index contributed by atoms with van der Waals surface area (Å²) in [7, 11) is 0. The van der Waals surface area contributed by atoms with Crippen molar-refractivity contribution in [2.75, 3.05) is 12.3 Å². The predicted molar refractivity (Wildman–Crippen MR) is 78.4 cm³/mol. The third-order valence-electron chi connectivity index (χ3n) is 3.75. The summed E-state index contributed by atoms with van der Waals surface area (Å²) in [5, 5.41) is 0. The highest BCUT2D eigenvalue weighted by Gasteiger charge is 2.35. The largest absolute Gasteiger partial charge is 0.384 e. The number of nitrogen functional groups attached to an aromatic ring is 1. The van der Waals surface area contributed by atoms with Gasteiger partial charge in [0.25, 0.3) is 0 Å². The quantitative estimate of drug-likeness (QED) is 0.492. The number of nitrogens with zero attached hydrogens (tertiary/aromatic N) is 1. The Balaban J connectivity index is 2.91. The van der Waals surface area contributed by atoms with E-state index in [1.165, 1.54) is 0 Å². The monoisotopic (exact) mass is 266 g/mol. The van der Waals surface area contributed by atoms with E-state index in [9.17, 15) is 0 Å². The van der Waals surface area contributed by atoms with E-state index in [0.717, 1.165) is 24.8 Å². The maximum Gasteiger partial charge on any atom is 0.123 e. The van der Waals surface area contributed by atoms with Gasteiger partial charge in [-0.1, -0.05) is 13.8 Å². The van der Waals surface area contributed by atoms with Crippen LogP contribution in [0, 0.1) is 0 Å². The lowest BCUT2D eigenvalue weighted by Gasteiger charge is -2.39. The molecule has 5 nitrogen and oxygen atoms in total. The van der Waals surface area contributed by atoms with Crippen molar-refractivity contribution in [3.63, 3.8) is 0 Å². The Hall–Kier alpha value is -1.17. The first-order valence-electron chi connectivity index (χ1n) is 6.92. The van der Waals surface area contributed by atoms with Crippen LogP contribution in [0.5, 0.6) is 0 Å². The third-order valence-corrected chi connectivity index (χ3v) is 3.75. The second kappa shape index (κ2) is 7.43. The van der Waals surface area contributed by atoms with Crippen molar-refractivity contribution < 1.29 is 4.74 Å². The normalized spacial score (nSPS) is 13.5. The van der Waals surface area contributed by atoms with Crippen LogP contribution in [0.4, 0.5) is 5.82 Å². The number of nitrogens with two attached hydrogens (primary N) is 2. The standard InChI is InChI=1S/C14H26N4O/c1-4-14(5-2,19-6-3)12(18-16)9-11-7-8-17-13(15)10-11/h7-8,10,12,18H,4-6,9,16H2,1-3H3,(H2,15,17). The van der Waals surface area contributed by atoms with Crippen molar-refractivity contribution in [2.24, 2.45) is 5.84 Å². The van der Waals surface area contributed by atoms with Gasteiger partial charge in [-0.3, -0.25) is 11.3 Å². The molecule has 0 bridgehead atoms. The minimum atomic E-state index is -0.248. The third kappa shape index (κ3) is 3.89. The van der Waals surface area contributed by atoms with E-state index in [0.29, 0.717) is 12.4 Å². The number of nitrogens with one attached hydrogen (secondary N) is 1. The number of anilines is 1. The second-order valence-electron chi connectivity index (χ2n) is 4.72. The molecule has 1 rings (SSSR count). The van der Waals surface area contributed by atoms with Crippen LogP contribution in [-0.4, -0.2) is 23.2 Å². The second-order valence-corrected chi connectivity index (χ2v) is 4.72. The minimum absolute atomic E-state index is 0.0456. The molecule has 1 unspecified atom stereocenters. The van der Waals surface area contributed by atoms with Crippen molar-refractivity contribution in [1.29, 1.82) is 0 Å². The van der Waals surface area contributed by atoms with Crippen molar-refractivity contribution in [3.8, 4) is 0 Å². The average molecular weight is 266 g/mol.